The van der Waals surface area contributed by atoms with Crippen molar-refractivity contribution in [1.82, 2.24) is 10.3 Å². The van der Waals surface area contributed by atoms with Gasteiger partial charge in [0.25, 0.3) is 5.91 Å². The number of halogens is 1. The molecule has 0 spiro atoms. The van der Waals surface area contributed by atoms with Crippen LogP contribution in [-0.4, -0.2) is 16.8 Å². The Morgan fingerprint density at radius 1 is 1.03 bits per heavy atom. The zero-order chi connectivity index (χ0) is 22.7. The molecular weight excluding hydrogens is 442 g/mol. The molecule has 7 heteroatoms. The topological polar surface area (TPSA) is 71.1 Å². The summed E-state index contributed by atoms with van der Waals surface area (Å²) in [7, 11) is 0. The number of anilines is 1. The molecule has 5 nitrogen and oxygen atoms in total. The highest BCUT2D eigenvalue weighted by atomic mass is 35.5. The maximum absolute atomic E-state index is 12.9. The van der Waals surface area contributed by atoms with E-state index < -0.39 is 6.04 Å². The van der Waals surface area contributed by atoms with Crippen LogP contribution in [0.15, 0.2) is 66.7 Å². The van der Waals surface area contributed by atoms with E-state index in [1.807, 2.05) is 44.2 Å². The van der Waals surface area contributed by atoms with Crippen molar-refractivity contribution in [1.29, 1.82) is 0 Å². The first-order valence-corrected chi connectivity index (χ1v) is 11.4. The van der Waals surface area contributed by atoms with E-state index in [2.05, 4.69) is 27.8 Å². The molecule has 0 aliphatic heterocycles. The number of nitrogens with one attached hydrogen (secondary N) is 2. The number of aromatic nitrogens is 1. The molecule has 0 aliphatic rings. The normalized spacial score (nSPS) is 11.8. The maximum atomic E-state index is 12.9. The molecule has 0 bridgehead atoms. The number of hydrogen-bond donors (Lipinski definition) is 2. The van der Waals surface area contributed by atoms with Crippen LogP contribution in [0.25, 0.3) is 10.2 Å². The van der Waals surface area contributed by atoms with Crippen molar-refractivity contribution in [2.24, 2.45) is 0 Å². The van der Waals surface area contributed by atoms with Gasteiger partial charge in [-0.3, -0.25) is 9.59 Å². The molecule has 0 aliphatic carbocycles. The van der Waals surface area contributed by atoms with Crippen LogP contribution in [0.5, 0.6) is 0 Å². The van der Waals surface area contributed by atoms with Crippen molar-refractivity contribution in [3.8, 4) is 0 Å². The fourth-order valence-corrected chi connectivity index (χ4v) is 4.88. The molecule has 0 saturated heterocycles. The van der Waals surface area contributed by atoms with Crippen molar-refractivity contribution in [2.75, 3.05) is 5.32 Å². The van der Waals surface area contributed by atoms with Crippen LogP contribution in [-0.2, 0) is 4.79 Å². The van der Waals surface area contributed by atoms with E-state index in [1.54, 1.807) is 24.3 Å². The molecule has 3 aromatic carbocycles. The molecule has 0 radical (unpaired) electrons. The summed E-state index contributed by atoms with van der Waals surface area (Å²) in [5.74, 6) is -0.560. The van der Waals surface area contributed by atoms with Gasteiger partial charge >= 0.3 is 0 Å². The van der Waals surface area contributed by atoms with Crippen LogP contribution in [0.3, 0.4) is 0 Å². The third kappa shape index (κ3) is 4.98. The first-order chi connectivity index (χ1) is 15.4. The van der Waals surface area contributed by atoms with Gasteiger partial charge in [0, 0.05) is 0 Å². The minimum Gasteiger partial charge on any atom is -0.345 e. The highest BCUT2D eigenvalue weighted by Crippen LogP contribution is 2.30. The Bertz CT molecular complexity index is 1290. The van der Waals surface area contributed by atoms with E-state index in [0.717, 1.165) is 26.9 Å². The van der Waals surface area contributed by atoms with Crippen LogP contribution < -0.4 is 10.6 Å². The van der Waals surface area contributed by atoms with Gasteiger partial charge in [-0.05, 0) is 48.7 Å². The first-order valence-electron chi connectivity index (χ1n) is 10.2. The second-order valence-electron chi connectivity index (χ2n) is 7.62. The fraction of sp³-hybridized carbons (Fsp3) is 0.160. The minimum atomic E-state index is -0.515. The van der Waals surface area contributed by atoms with Gasteiger partial charge in [0.2, 0.25) is 5.91 Å². The lowest BCUT2D eigenvalue weighted by Gasteiger charge is -2.19. The van der Waals surface area contributed by atoms with Gasteiger partial charge in [0.1, 0.15) is 0 Å². The molecule has 4 aromatic rings. The van der Waals surface area contributed by atoms with Crippen LogP contribution in [0.1, 0.15) is 39.5 Å². The van der Waals surface area contributed by atoms with Crippen molar-refractivity contribution >= 4 is 50.1 Å². The molecule has 0 saturated carbocycles. The Hall–Kier alpha value is -3.22. The van der Waals surface area contributed by atoms with Gasteiger partial charge in [-0.25, -0.2) is 4.98 Å². The summed E-state index contributed by atoms with van der Waals surface area (Å²) in [6.45, 7) is 4.05. The Kier molecular flexibility index (Phi) is 6.53. The minimum absolute atomic E-state index is 0.0636. The summed E-state index contributed by atoms with van der Waals surface area (Å²) < 4.78 is 1.03. The smallest absolute Gasteiger partial charge is 0.253 e. The van der Waals surface area contributed by atoms with Crippen LogP contribution in [0.2, 0.25) is 5.02 Å². The summed E-state index contributed by atoms with van der Waals surface area (Å²) in [5, 5.41) is 6.75. The number of nitrogens with zero attached hydrogens (tertiary/aromatic N) is 1. The van der Waals surface area contributed by atoms with E-state index in [4.69, 9.17) is 11.6 Å². The zero-order valence-electron chi connectivity index (χ0n) is 17.7. The highest BCUT2D eigenvalue weighted by Gasteiger charge is 2.21. The average molecular weight is 464 g/mol. The summed E-state index contributed by atoms with van der Waals surface area (Å²) in [4.78, 5) is 30.3. The van der Waals surface area contributed by atoms with Crippen molar-refractivity contribution in [3.63, 3.8) is 0 Å². The Morgan fingerprint density at radius 2 is 1.75 bits per heavy atom. The molecule has 4 rings (SSSR count). The van der Waals surface area contributed by atoms with Crippen molar-refractivity contribution in [3.05, 3.63) is 94.0 Å². The predicted octanol–water partition coefficient (Wildman–Crippen LogP) is 6.07. The van der Waals surface area contributed by atoms with Crippen LogP contribution in [0.4, 0.5) is 5.13 Å². The molecule has 0 fully saturated rings. The van der Waals surface area contributed by atoms with Gasteiger partial charge in [-0.15, -0.1) is 0 Å². The largest absolute Gasteiger partial charge is 0.345 e. The zero-order valence-corrected chi connectivity index (χ0v) is 19.3. The first kappa shape index (κ1) is 22.0. The molecule has 1 aromatic heterocycles. The standard InChI is InChI=1S/C25H22ClN3O2S/c1-15-12-16(2)23-21(13-15)32-25(29-23)28-22(30)14-20(17-8-4-3-5-9-17)27-24(31)18-10-6-7-11-19(18)26/h3-13,20H,14H2,1-2H3,(H,27,31)(H,28,29,30). The third-order valence-corrected chi connectivity index (χ3v) is 6.34. The fourth-order valence-electron chi connectivity index (χ4n) is 3.60. The highest BCUT2D eigenvalue weighted by molar-refractivity contribution is 7.22. The molecule has 32 heavy (non-hydrogen) atoms. The molecule has 2 N–H and O–H groups in total. The van der Waals surface area contributed by atoms with Gasteiger partial charge in [-0.1, -0.05) is 71.5 Å². The second-order valence-corrected chi connectivity index (χ2v) is 9.05. The number of thiazole rings is 1. The lowest BCUT2D eigenvalue weighted by atomic mass is 10.0. The number of aryl methyl sites for hydroxylation is 2. The molecule has 2 amide bonds. The Morgan fingerprint density at radius 3 is 2.50 bits per heavy atom. The van der Waals surface area contributed by atoms with E-state index in [0.29, 0.717) is 15.7 Å². The van der Waals surface area contributed by atoms with Crippen molar-refractivity contribution in [2.45, 2.75) is 26.3 Å². The Balaban J connectivity index is 1.53. The van der Waals surface area contributed by atoms with E-state index in [-0.39, 0.29) is 18.2 Å². The number of carbonyl (C=O) groups is 2. The van der Waals surface area contributed by atoms with Crippen LogP contribution >= 0.6 is 22.9 Å². The number of benzene rings is 3. The predicted molar refractivity (Wildman–Crippen MR) is 130 cm³/mol. The monoisotopic (exact) mass is 463 g/mol. The van der Waals surface area contributed by atoms with Gasteiger partial charge in [-0.2, -0.15) is 0 Å². The molecular formula is C25H22ClN3O2S. The average Bonchev–Trinajstić information content (AvgIpc) is 3.16. The van der Waals surface area contributed by atoms with E-state index in [1.165, 1.54) is 11.3 Å². The van der Waals surface area contributed by atoms with Crippen LogP contribution in [0, 0.1) is 13.8 Å². The number of rotatable bonds is 6. The molecule has 1 heterocycles. The quantitative estimate of drug-likeness (QED) is 0.364. The molecule has 1 unspecified atom stereocenters. The lowest BCUT2D eigenvalue weighted by molar-refractivity contribution is -0.116. The van der Waals surface area contributed by atoms with Gasteiger partial charge in [0.05, 0.1) is 33.3 Å². The van der Waals surface area contributed by atoms with Gasteiger partial charge in [0.15, 0.2) is 5.13 Å². The third-order valence-electron chi connectivity index (χ3n) is 5.09. The number of amides is 2. The summed E-state index contributed by atoms with van der Waals surface area (Å²) in [6.07, 6.45) is 0.0636. The number of fused-ring (bicyclic) bond motifs is 1. The summed E-state index contributed by atoms with van der Waals surface area (Å²) >= 11 is 7.62. The molecule has 162 valence electrons. The second kappa shape index (κ2) is 9.51. The lowest BCUT2D eigenvalue weighted by Crippen LogP contribution is -2.31. The maximum Gasteiger partial charge on any atom is 0.253 e. The molecule has 1 atom stereocenters. The van der Waals surface area contributed by atoms with E-state index in [9.17, 15) is 9.59 Å². The van der Waals surface area contributed by atoms with Crippen molar-refractivity contribution < 1.29 is 9.59 Å². The number of carbonyl (C=O) groups excluding carboxylic acids is 2. The SMILES string of the molecule is Cc1cc(C)c2nc(NC(=O)CC(NC(=O)c3ccccc3Cl)c3ccccc3)sc2c1. The summed E-state index contributed by atoms with van der Waals surface area (Å²) in [6, 6.07) is 19.9. The number of hydrogen-bond acceptors (Lipinski definition) is 4. The Labute approximate surface area is 195 Å². The van der Waals surface area contributed by atoms with E-state index >= 15 is 0 Å². The van der Waals surface area contributed by atoms with Gasteiger partial charge < -0.3 is 10.6 Å². The summed E-state index contributed by atoms with van der Waals surface area (Å²) in [5.41, 5.74) is 4.32.